The number of carbonyl (C=O) groups excluding carboxylic acids is 4. The first-order valence-corrected chi connectivity index (χ1v) is 11.7. The number of nitrogens with zero attached hydrogens (tertiary/aromatic N) is 1. The molecule has 33 heavy (non-hydrogen) atoms. The molecule has 2 unspecified atom stereocenters. The zero-order valence-electron chi connectivity index (χ0n) is 20.7. The minimum Gasteiger partial charge on any atom is -0.380 e. The molecule has 9 heteroatoms. The van der Waals surface area contributed by atoms with Gasteiger partial charge >= 0.3 is 0 Å². The lowest BCUT2D eigenvalue weighted by atomic mass is 9.91. The summed E-state index contributed by atoms with van der Waals surface area (Å²) >= 11 is 0. The molecule has 4 N–H and O–H groups in total. The normalized spacial score (nSPS) is 15.5. The first-order valence-electron chi connectivity index (χ1n) is 11.7. The van der Waals surface area contributed by atoms with Gasteiger partial charge in [0.05, 0.1) is 12.6 Å². The van der Waals surface area contributed by atoms with Crippen molar-refractivity contribution in [1.82, 2.24) is 15.5 Å². The Bertz CT molecular complexity index is 728. The van der Waals surface area contributed by atoms with Gasteiger partial charge in [-0.15, -0.1) is 0 Å². The summed E-state index contributed by atoms with van der Waals surface area (Å²) in [5, 5.41) is 5.22. The highest BCUT2D eigenvalue weighted by Gasteiger charge is 2.36. The number of nitrogens with one attached hydrogen (secondary N) is 2. The van der Waals surface area contributed by atoms with Gasteiger partial charge in [0.1, 0.15) is 0 Å². The molecule has 0 aromatic heterocycles. The predicted molar refractivity (Wildman–Crippen MR) is 125 cm³/mol. The molecule has 2 atom stereocenters. The second-order valence-corrected chi connectivity index (χ2v) is 10.6. The van der Waals surface area contributed by atoms with Gasteiger partial charge < -0.3 is 21.3 Å². The summed E-state index contributed by atoms with van der Waals surface area (Å²) in [5.74, 6) is -3.30. The largest absolute Gasteiger partial charge is 0.380 e. The number of nitrogens with two attached hydrogens (primary N) is 1. The monoisotopic (exact) mass is 468 g/mol. The highest BCUT2D eigenvalue weighted by Crippen LogP contribution is 2.33. The van der Waals surface area contributed by atoms with Crippen LogP contribution in [-0.2, 0) is 19.2 Å². The topological polar surface area (TPSA) is 122 Å². The molecule has 1 aliphatic rings. The maximum Gasteiger partial charge on any atom is 0.287 e. The van der Waals surface area contributed by atoms with E-state index >= 15 is 4.39 Å². The Morgan fingerprint density at radius 1 is 1.18 bits per heavy atom. The molecular weight excluding hydrogens is 427 g/mol. The third-order valence-corrected chi connectivity index (χ3v) is 5.37. The van der Waals surface area contributed by atoms with Gasteiger partial charge in [0, 0.05) is 12.2 Å². The number of alkyl halides is 1. The van der Waals surface area contributed by atoms with E-state index in [0.717, 1.165) is 24.2 Å². The van der Waals surface area contributed by atoms with Gasteiger partial charge in [-0.05, 0) is 42.9 Å². The molecule has 0 aromatic carbocycles. The summed E-state index contributed by atoms with van der Waals surface area (Å²) in [6, 6.07) is -1.18. The highest BCUT2D eigenvalue weighted by molar-refractivity contribution is 6.37. The first kappa shape index (κ1) is 28.6. The van der Waals surface area contributed by atoms with Gasteiger partial charge in [-0.25, -0.2) is 4.39 Å². The summed E-state index contributed by atoms with van der Waals surface area (Å²) < 4.78 is 15.2. The standard InChI is InChI=1S/C24H41FN4O4/c1-15(2)8-7-11-29(19(30)14-27-16(3)13-24(4,5)6)21(25)23(33)28-18(12-17-9-10-17)20(31)22(26)32/h15,17-18,21,27H,3,7-14H2,1-2,4-6H3,(H2,26,32)(H,28,33). The van der Waals surface area contributed by atoms with Crippen molar-refractivity contribution >= 4 is 23.5 Å². The molecule has 188 valence electrons. The molecule has 0 aliphatic heterocycles. The van der Waals surface area contributed by atoms with Crippen LogP contribution in [0.2, 0.25) is 0 Å². The van der Waals surface area contributed by atoms with Gasteiger partial charge in [0.2, 0.25) is 11.7 Å². The number of hydrogen-bond donors (Lipinski definition) is 3. The van der Waals surface area contributed by atoms with Crippen molar-refractivity contribution in [3.05, 3.63) is 12.3 Å². The van der Waals surface area contributed by atoms with E-state index < -0.39 is 35.8 Å². The average Bonchev–Trinajstić information content (AvgIpc) is 3.50. The number of carbonyl (C=O) groups is 4. The molecule has 3 amide bonds. The van der Waals surface area contributed by atoms with Crippen LogP contribution in [0.4, 0.5) is 4.39 Å². The molecule has 0 radical (unpaired) electrons. The van der Waals surface area contributed by atoms with Gasteiger partial charge in [-0.2, -0.15) is 0 Å². The summed E-state index contributed by atoms with van der Waals surface area (Å²) in [4.78, 5) is 49.7. The minimum atomic E-state index is -2.29. The zero-order valence-corrected chi connectivity index (χ0v) is 20.7. The molecule has 0 saturated heterocycles. The number of hydrogen-bond acceptors (Lipinski definition) is 5. The lowest BCUT2D eigenvalue weighted by Crippen LogP contribution is -2.54. The Labute approximate surface area is 196 Å². The fourth-order valence-corrected chi connectivity index (χ4v) is 3.51. The van der Waals surface area contributed by atoms with Crippen molar-refractivity contribution in [2.45, 2.75) is 85.5 Å². The van der Waals surface area contributed by atoms with Crippen molar-refractivity contribution in [2.24, 2.45) is 23.0 Å². The Kier molecular flexibility index (Phi) is 11.0. The third kappa shape index (κ3) is 11.3. The Morgan fingerprint density at radius 2 is 1.79 bits per heavy atom. The lowest BCUT2D eigenvalue weighted by Gasteiger charge is -2.28. The Hall–Kier alpha value is -2.45. The number of halogens is 1. The highest BCUT2D eigenvalue weighted by atomic mass is 19.1. The van der Waals surface area contributed by atoms with Crippen molar-refractivity contribution < 1.29 is 23.6 Å². The molecule has 0 heterocycles. The predicted octanol–water partition coefficient (Wildman–Crippen LogP) is 2.43. The van der Waals surface area contributed by atoms with Crippen molar-refractivity contribution in [2.75, 3.05) is 13.1 Å². The van der Waals surface area contributed by atoms with Gasteiger partial charge in [0.25, 0.3) is 18.1 Å². The van der Waals surface area contributed by atoms with Crippen LogP contribution in [-0.4, -0.2) is 53.8 Å². The molecule has 1 rings (SSSR count). The van der Waals surface area contributed by atoms with Gasteiger partial charge in [-0.1, -0.05) is 54.0 Å². The van der Waals surface area contributed by atoms with Crippen LogP contribution in [0.15, 0.2) is 12.3 Å². The summed E-state index contributed by atoms with van der Waals surface area (Å²) in [5.41, 5.74) is 5.70. The maximum atomic E-state index is 15.2. The van der Waals surface area contributed by atoms with Crippen LogP contribution in [0.1, 0.15) is 73.1 Å². The van der Waals surface area contributed by atoms with Crippen LogP contribution in [0.5, 0.6) is 0 Å². The average molecular weight is 469 g/mol. The van der Waals surface area contributed by atoms with Gasteiger partial charge in [-0.3, -0.25) is 19.2 Å². The van der Waals surface area contributed by atoms with E-state index in [2.05, 4.69) is 17.2 Å². The smallest absolute Gasteiger partial charge is 0.287 e. The second-order valence-electron chi connectivity index (χ2n) is 10.6. The van der Waals surface area contributed by atoms with Crippen molar-refractivity contribution in [3.8, 4) is 0 Å². The molecular formula is C24H41FN4O4. The number of primary amides is 1. The molecule has 1 saturated carbocycles. The van der Waals surface area contributed by atoms with Gasteiger partial charge in [0.15, 0.2) is 0 Å². The number of ketones is 1. The fraction of sp³-hybridized carbons (Fsp3) is 0.750. The van der Waals surface area contributed by atoms with E-state index in [0.29, 0.717) is 24.5 Å². The number of amides is 3. The second kappa shape index (κ2) is 12.7. The fourth-order valence-electron chi connectivity index (χ4n) is 3.51. The maximum absolute atomic E-state index is 15.2. The van der Waals surface area contributed by atoms with Crippen LogP contribution < -0.4 is 16.4 Å². The van der Waals surface area contributed by atoms with Crippen LogP contribution in [0, 0.1) is 17.3 Å². The van der Waals surface area contributed by atoms with Crippen LogP contribution >= 0.6 is 0 Å². The Balaban J connectivity index is 2.85. The summed E-state index contributed by atoms with van der Waals surface area (Å²) in [7, 11) is 0. The van der Waals surface area contributed by atoms with E-state index in [1.54, 1.807) is 0 Å². The molecule has 0 bridgehead atoms. The molecule has 1 aliphatic carbocycles. The quantitative estimate of drug-likeness (QED) is 0.252. The summed E-state index contributed by atoms with van der Waals surface area (Å²) in [6.45, 7) is 13.9. The number of Topliss-reactive ketones (excluding diaryl/α,β-unsaturated/α-hetero) is 1. The van der Waals surface area contributed by atoms with Crippen LogP contribution in [0.25, 0.3) is 0 Å². The Morgan fingerprint density at radius 3 is 2.27 bits per heavy atom. The van der Waals surface area contributed by atoms with E-state index in [-0.39, 0.29) is 30.8 Å². The van der Waals surface area contributed by atoms with Crippen LogP contribution in [0.3, 0.4) is 0 Å². The summed E-state index contributed by atoms with van der Waals surface area (Å²) in [6.07, 6.45) is 1.60. The number of allylic oxidation sites excluding steroid dienone is 1. The van der Waals surface area contributed by atoms with E-state index in [1.165, 1.54) is 0 Å². The molecule has 0 aromatic rings. The van der Waals surface area contributed by atoms with E-state index in [9.17, 15) is 19.2 Å². The zero-order chi connectivity index (χ0) is 25.3. The SMILES string of the molecule is C=C(CC(C)(C)C)NCC(=O)N(CCCC(C)C)C(F)C(=O)NC(CC1CC1)C(=O)C(N)=O. The van der Waals surface area contributed by atoms with Crippen molar-refractivity contribution in [3.63, 3.8) is 0 Å². The van der Waals surface area contributed by atoms with E-state index in [4.69, 9.17) is 5.73 Å². The minimum absolute atomic E-state index is 0.0316. The molecule has 1 fully saturated rings. The number of rotatable bonds is 15. The van der Waals surface area contributed by atoms with Crippen molar-refractivity contribution in [1.29, 1.82) is 0 Å². The molecule has 8 nitrogen and oxygen atoms in total. The first-order chi connectivity index (χ1) is 15.2. The molecule has 0 spiro atoms. The van der Waals surface area contributed by atoms with E-state index in [1.807, 2.05) is 34.6 Å². The lowest BCUT2D eigenvalue weighted by molar-refractivity contribution is -0.148. The third-order valence-electron chi connectivity index (χ3n) is 5.37.